The Kier molecular flexibility index (Phi) is 12.1. The first kappa shape index (κ1) is 32.0. The summed E-state index contributed by atoms with van der Waals surface area (Å²) in [6.45, 7) is 5.93. The number of nitrogens with one attached hydrogen (secondary N) is 3. The maximum Gasteiger partial charge on any atom is 0.306 e. The number of hydrogen-bond acceptors (Lipinski definition) is 8. The number of carbonyl (C=O) groups is 2. The molecule has 0 saturated carbocycles. The number of nitrogens with zero attached hydrogens (tertiary/aromatic N) is 1. The first-order valence-electron chi connectivity index (χ1n) is 12.9. The van der Waals surface area contributed by atoms with Crippen LogP contribution in [0, 0.1) is 5.41 Å². The van der Waals surface area contributed by atoms with Crippen molar-refractivity contribution in [2.75, 3.05) is 19.0 Å². The number of ether oxygens (including phenoxy) is 3. The van der Waals surface area contributed by atoms with Gasteiger partial charge in [0.1, 0.15) is 22.8 Å². The summed E-state index contributed by atoms with van der Waals surface area (Å²) in [5.41, 5.74) is 3.27. The second-order valence-electron chi connectivity index (χ2n) is 9.81. The highest BCUT2D eigenvalue weighted by Gasteiger charge is 2.16. The van der Waals surface area contributed by atoms with Gasteiger partial charge in [0.05, 0.1) is 30.8 Å². The van der Waals surface area contributed by atoms with Gasteiger partial charge in [-0.25, -0.2) is 4.98 Å². The maximum atomic E-state index is 13.0. The third kappa shape index (κ3) is 10.1. The lowest BCUT2D eigenvalue weighted by atomic mass is 10.0. The van der Waals surface area contributed by atoms with Crippen LogP contribution in [0.3, 0.4) is 0 Å². The number of amides is 1. The molecule has 3 aromatic rings. The molecular weight excluding hydrogens is 654 g/mol. The van der Waals surface area contributed by atoms with Crippen LogP contribution < -0.4 is 19.9 Å². The largest absolute Gasteiger partial charge is 0.495 e. The molecule has 1 unspecified atom stereocenters. The van der Waals surface area contributed by atoms with Crippen molar-refractivity contribution in [1.29, 1.82) is 5.41 Å². The van der Waals surface area contributed by atoms with Gasteiger partial charge >= 0.3 is 5.97 Å². The van der Waals surface area contributed by atoms with Gasteiger partial charge < -0.3 is 30.0 Å². The molecule has 0 aliphatic carbocycles. The molecule has 41 heavy (non-hydrogen) atoms. The van der Waals surface area contributed by atoms with Crippen LogP contribution in [0.1, 0.15) is 49.8 Å². The first-order valence-corrected chi connectivity index (χ1v) is 17.0. The second-order valence-corrected chi connectivity index (χ2v) is 11.9. The molecule has 0 bridgehead atoms. The van der Waals surface area contributed by atoms with Crippen molar-refractivity contribution in [2.45, 2.75) is 39.2 Å². The molecule has 0 fully saturated rings. The summed E-state index contributed by atoms with van der Waals surface area (Å²) >= 11 is 2.19. The Morgan fingerprint density at radius 2 is 1.78 bits per heavy atom. The van der Waals surface area contributed by atoms with E-state index in [4.69, 9.17) is 19.6 Å². The van der Waals surface area contributed by atoms with E-state index in [2.05, 4.69) is 37.4 Å². The van der Waals surface area contributed by atoms with Crippen molar-refractivity contribution >= 4 is 57.9 Å². The smallest absolute Gasteiger partial charge is 0.306 e. The summed E-state index contributed by atoms with van der Waals surface area (Å²) in [6.07, 6.45) is 4.00. The fourth-order valence-corrected chi connectivity index (χ4v) is 4.95. The number of halogens is 1. The molecule has 3 N–H and O–H groups in total. The van der Waals surface area contributed by atoms with Crippen molar-refractivity contribution < 1.29 is 23.8 Å². The number of allylic oxidation sites excluding steroid dienone is 1. The van der Waals surface area contributed by atoms with Gasteiger partial charge in [-0.3, -0.25) is 9.59 Å². The lowest BCUT2D eigenvalue weighted by molar-refractivity contribution is -0.155. The van der Waals surface area contributed by atoms with Crippen molar-refractivity contribution in [2.24, 2.45) is 0 Å². The van der Waals surface area contributed by atoms with E-state index in [0.717, 1.165) is 11.1 Å². The number of carbonyl (C=O) groups excluding carboxylic acids is 2. The van der Waals surface area contributed by atoms with Crippen LogP contribution in [0.5, 0.6) is 11.5 Å². The minimum Gasteiger partial charge on any atom is -0.495 e. The zero-order chi connectivity index (χ0) is 29.8. The van der Waals surface area contributed by atoms with E-state index in [1.165, 1.54) is 6.21 Å². The number of pyridine rings is 1. The fourth-order valence-electron chi connectivity index (χ4n) is 3.76. The number of methoxy groups -OCH3 is 1. The monoisotopic (exact) mass is 688 g/mol. The standard InChI is InChI=1S/C30H34IN4O5P/c1-30(2,3)40-28(36)12-7-17-39-22-9-5-8-20(18-22)21-13-14-25(27(19-21)38-4)34-29(37)26-11-6-10-23(33-26)24(15-16-32)35-41-31/h5-6,8-11,13-16,18-19,32,35,41H,7,12,17H2,1-4H3,(H,34,37)/b24-15-,32-16?. The van der Waals surface area contributed by atoms with Crippen LogP contribution in [0.15, 0.2) is 66.7 Å². The normalized spacial score (nSPS) is 11.7. The second kappa shape index (κ2) is 15.5. The highest BCUT2D eigenvalue weighted by molar-refractivity contribution is 14.2. The lowest BCUT2D eigenvalue weighted by Crippen LogP contribution is -2.23. The summed E-state index contributed by atoms with van der Waals surface area (Å²) < 4.78 is 16.8. The van der Waals surface area contributed by atoms with Crippen LogP contribution in [-0.2, 0) is 9.53 Å². The molecule has 2 aromatic carbocycles. The zero-order valence-electron chi connectivity index (χ0n) is 23.4. The molecular formula is C30H34IN4O5P. The van der Waals surface area contributed by atoms with Gasteiger partial charge in [0.25, 0.3) is 5.91 Å². The van der Waals surface area contributed by atoms with Gasteiger partial charge in [0.2, 0.25) is 0 Å². The summed E-state index contributed by atoms with van der Waals surface area (Å²) in [6, 6.07) is 18.3. The molecule has 1 atom stereocenters. The van der Waals surface area contributed by atoms with Crippen molar-refractivity contribution in [1.82, 2.24) is 10.1 Å². The fraction of sp³-hybridized carbons (Fsp3) is 0.267. The Hall–Kier alpha value is -3.50. The van der Waals surface area contributed by atoms with Gasteiger partial charge in [-0.05, 0) is 103 Å². The number of benzene rings is 2. The molecule has 3 rings (SSSR count). The number of rotatable bonds is 13. The number of hydrogen-bond donors (Lipinski definition) is 3. The van der Waals surface area contributed by atoms with Crippen LogP contribution in [0.2, 0.25) is 0 Å². The van der Waals surface area contributed by atoms with E-state index in [9.17, 15) is 9.59 Å². The van der Waals surface area contributed by atoms with Gasteiger partial charge in [-0.1, -0.05) is 24.3 Å². The molecule has 0 spiro atoms. The third-order valence-corrected chi connectivity index (χ3v) is 6.69. The molecule has 216 valence electrons. The Morgan fingerprint density at radius 3 is 2.49 bits per heavy atom. The predicted molar refractivity (Wildman–Crippen MR) is 173 cm³/mol. The summed E-state index contributed by atoms with van der Waals surface area (Å²) in [5.74, 6) is 0.553. The van der Waals surface area contributed by atoms with E-state index in [1.807, 2.05) is 57.2 Å². The average Bonchev–Trinajstić information content (AvgIpc) is 2.94. The average molecular weight is 689 g/mol. The van der Waals surface area contributed by atoms with Crippen LogP contribution in [0.4, 0.5) is 5.69 Å². The van der Waals surface area contributed by atoms with Gasteiger partial charge in [-0.15, -0.1) is 0 Å². The minimum absolute atomic E-state index is 0.236. The van der Waals surface area contributed by atoms with Crippen molar-refractivity contribution in [3.05, 3.63) is 78.1 Å². The molecule has 0 aliphatic rings. The van der Waals surface area contributed by atoms with E-state index >= 15 is 0 Å². The van der Waals surface area contributed by atoms with E-state index in [0.29, 0.717) is 54.4 Å². The molecule has 1 heterocycles. The minimum atomic E-state index is -0.497. The highest BCUT2D eigenvalue weighted by Crippen LogP contribution is 2.32. The van der Waals surface area contributed by atoms with Gasteiger partial charge in [0.15, 0.2) is 0 Å². The highest BCUT2D eigenvalue weighted by atomic mass is 127. The summed E-state index contributed by atoms with van der Waals surface area (Å²) in [5, 5.41) is 13.4. The Labute approximate surface area is 255 Å². The SMILES string of the molecule is COc1cc(-c2cccc(OCCCC(=O)OC(C)(C)C)c2)ccc1NC(=O)c1cccc(/C(=C/C=N)NPI)n1. The van der Waals surface area contributed by atoms with E-state index < -0.39 is 5.60 Å². The Morgan fingerprint density at radius 1 is 1.05 bits per heavy atom. The molecule has 0 radical (unpaired) electrons. The Bertz CT molecular complexity index is 1410. The summed E-state index contributed by atoms with van der Waals surface area (Å²) in [4.78, 5) is 29.4. The van der Waals surface area contributed by atoms with Crippen LogP contribution in [0.25, 0.3) is 16.8 Å². The maximum absolute atomic E-state index is 13.0. The van der Waals surface area contributed by atoms with E-state index in [-0.39, 0.29) is 17.6 Å². The summed E-state index contributed by atoms with van der Waals surface area (Å²) in [7, 11) is 1.54. The van der Waals surface area contributed by atoms with Crippen molar-refractivity contribution in [3.8, 4) is 22.6 Å². The molecule has 1 aromatic heterocycles. The number of anilines is 1. The quantitative estimate of drug-likeness (QED) is 0.0580. The molecule has 1 amide bonds. The topological polar surface area (TPSA) is 123 Å². The van der Waals surface area contributed by atoms with Gasteiger partial charge in [-0.2, -0.15) is 0 Å². The van der Waals surface area contributed by atoms with Crippen LogP contribution in [-0.4, -0.2) is 42.4 Å². The molecule has 11 heteroatoms. The zero-order valence-corrected chi connectivity index (χ0v) is 26.6. The molecule has 0 aliphatic heterocycles. The van der Waals surface area contributed by atoms with Crippen LogP contribution >= 0.6 is 28.4 Å². The predicted octanol–water partition coefficient (Wildman–Crippen LogP) is 7.03. The van der Waals surface area contributed by atoms with Crippen molar-refractivity contribution in [3.63, 3.8) is 0 Å². The van der Waals surface area contributed by atoms with Gasteiger partial charge in [0, 0.05) is 19.0 Å². The van der Waals surface area contributed by atoms with E-state index in [1.54, 1.807) is 37.5 Å². The lowest BCUT2D eigenvalue weighted by Gasteiger charge is -2.19. The third-order valence-electron chi connectivity index (χ3n) is 5.52. The first-order chi connectivity index (χ1) is 19.6. The molecule has 9 nitrogen and oxygen atoms in total. The number of esters is 1. The number of aromatic nitrogens is 1. The molecule has 0 saturated heterocycles. The Balaban J connectivity index is 1.68.